The van der Waals surface area contributed by atoms with E-state index in [9.17, 15) is 9.90 Å². The smallest absolute Gasteiger partial charge is 0.325 e. The Hall–Kier alpha value is -1.61. The molecule has 3 rings (SSSR count). The lowest BCUT2D eigenvalue weighted by Gasteiger charge is -2.22. The Kier molecular flexibility index (Phi) is 3.38. The van der Waals surface area contributed by atoms with Gasteiger partial charge in [-0.25, -0.2) is 0 Å². The molecule has 2 aliphatic rings. The van der Waals surface area contributed by atoms with Crippen LogP contribution in [-0.4, -0.2) is 17.6 Å². The number of aliphatic carboxylic acids is 1. The highest BCUT2D eigenvalue weighted by Gasteiger charge is 2.35. The third kappa shape index (κ3) is 2.56. The largest absolute Gasteiger partial charge is 0.480 e. The summed E-state index contributed by atoms with van der Waals surface area (Å²) in [5.41, 5.74) is 0.827. The zero-order chi connectivity index (χ0) is 13.2. The number of allylic oxidation sites excluding steroid dienone is 2. The van der Waals surface area contributed by atoms with Crippen molar-refractivity contribution in [2.75, 3.05) is 6.54 Å². The number of carboxylic acids is 1. The van der Waals surface area contributed by atoms with Crippen molar-refractivity contribution in [3.05, 3.63) is 48.0 Å². The Morgan fingerprint density at radius 3 is 2.63 bits per heavy atom. The molecule has 0 heterocycles. The van der Waals surface area contributed by atoms with Gasteiger partial charge in [0.2, 0.25) is 0 Å². The van der Waals surface area contributed by atoms with Crippen LogP contribution in [0.4, 0.5) is 0 Å². The number of hydrogen-bond donors (Lipinski definition) is 2. The van der Waals surface area contributed by atoms with Gasteiger partial charge in [-0.05, 0) is 42.7 Å². The summed E-state index contributed by atoms with van der Waals surface area (Å²) < 4.78 is 0. The fourth-order valence-corrected chi connectivity index (χ4v) is 3.39. The van der Waals surface area contributed by atoms with Gasteiger partial charge >= 0.3 is 5.97 Å². The number of benzene rings is 1. The molecule has 1 saturated carbocycles. The summed E-state index contributed by atoms with van der Waals surface area (Å²) in [6, 6.07) is 8.81. The van der Waals surface area contributed by atoms with Gasteiger partial charge in [0.25, 0.3) is 0 Å². The molecular weight excluding hydrogens is 238 g/mol. The van der Waals surface area contributed by atoms with Gasteiger partial charge in [0.15, 0.2) is 0 Å². The van der Waals surface area contributed by atoms with Crippen LogP contribution in [0, 0.1) is 17.8 Å². The van der Waals surface area contributed by atoms with Crippen molar-refractivity contribution in [3.63, 3.8) is 0 Å². The molecule has 2 aliphatic carbocycles. The van der Waals surface area contributed by atoms with Crippen LogP contribution in [-0.2, 0) is 4.79 Å². The zero-order valence-corrected chi connectivity index (χ0v) is 10.8. The summed E-state index contributed by atoms with van der Waals surface area (Å²) in [7, 11) is 0. The van der Waals surface area contributed by atoms with Crippen LogP contribution >= 0.6 is 0 Å². The van der Waals surface area contributed by atoms with Crippen LogP contribution in [0.25, 0.3) is 0 Å². The molecule has 3 heteroatoms. The molecule has 100 valence electrons. The maximum atomic E-state index is 11.4. The van der Waals surface area contributed by atoms with Gasteiger partial charge in [-0.3, -0.25) is 4.79 Å². The first kappa shape index (κ1) is 12.4. The first-order valence-corrected chi connectivity index (χ1v) is 6.93. The number of carbonyl (C=O) groups is 1. The van der Waals surface area contributed by atoms with Crippen molar-refractivity contribution in [3.8, 4) is 0 Å². The molecule has 0 aliphatic heterocycles. The molecule has 1 aromatic rings. The lowest BCUT2D eigenvalue weighted by molar-refractivity contribution is -0.139. The van der Waals surface area contributed by atoms with Crippen molar-refractivity contribution >= 4 is 5.97 Å². The summed E-state index contributed by atoms with van der Waals surface area (Å²) in [4.78, 5) is 11.4. The summed E-state index contributed by atoms with van der Waals surface area (Å²) >= 11 is 0. The van der Waals surface area contributed by atoms with Gasteiger partial charge in [-0.15, -0.1) is 0 Å². The lowest BCUT2D eigenvalue weighted by atomic mass is 9.93. The van der Waals surface area contributed by atoms with Crippen molar-refractivity contribution in [1.29, 1.82) is 0 Å². The standard InChI is InChI=1S/C16H19NO2/c18-16(19)15(12-4-2-1-3-5-12)17-10-14-9-11-6-7-13(14)8-11/h1-7,11,13-15,17H,8-10H2,(H,18,19)/t11?,13?,14?,15-/m1/s1. The van der Waals surface area contributed by atoms with Crippen LogP contribution < -0.4 is 5.32 Å². The van der Waals surface area contributed by atoms with Gasteiger partial charge in [-0.1, -0.05) is 42.5 Å². The quantitative estimate of drug-likeness (QED) is 0.797. The van der Waals surface area contributed by atoms with Crippen LogP contribution in [0.2, 0.25) is 0 Å². The number of hydrogen-bond acceptors (Lipinski definition) is 2. The molecular formula is C16H19NO2. The van der Waals surface area contributed by atoms with Crippen LogP contribution in [0.1, 0.15) is 24.4 Å². The molecule has 2 N–H and O–H groups in total. The maximum absolute atomic E-state index is 11.4. The second-order valence-electron chi connectivity index (χ2n) is 5.63. The van der Waals surface area contributed by atoms with Gasteiger partial charge in [0.05, 0.1) is 0 Å². The van der Waals surface area contributed by atoms with Gasteiger partial charge in [-0.2, -0.15) is 0 Å². The minimum atomic E-state index is -0.801. The minimum absolute atomic E-state index is 0.593. The molecule has 3 nitrogen and oxygen atoms in total. The Morgan fingerprint density at radius 1 is 1.26 bits per heavy atom. The van der Waals surface area contributed by atoms with E-state index in [4.69, 9.17) is 0 Å². The zero-order valence-electron chi connectivity index (χ0n) is 10.8. The molecule has 1 aromatic carbocycles. The van der Waals surface area contributed by atoms with Crippen molar-refractivity contribution < 1.29 is 9.90 Å². The van der Waals surface area contributed by atoms with E-state index in [-0.39, 0.29) is 0 Å². The molecule has 19 heavy (non-hydrogen) atoms. The van der Waals surface area contributed by atoms with Crippen LogP contribution in [0.3, 0.4) is 0 Å². The molecule has 0 radical (unpaired) electrons. The second kappa shape index (κ2) is 5.17. The molecule has 0 saturated heterocycles. The Labute approximate surface area is 113 Å². The van der Waals surface area contributed by atoms with Crippen LogP contribution in [0.5, 0.6) is 0 Å². The normalized spacial score (nSPS) is 29.6. The van der Waals surface area contributed by atoms with Gasteiger partial charge in [0, 0.05) is 0 Å². The third-order valence-corrected chi connectivity index (χ3v) is 4.38. The van der Waals surface area contributed by atoms with E-state index < -0.39 is 12.0 Å². The molecule has 1 fully saturated rings. The van der Waals surface area contributed by atoms with Crippen molar-refractivity contribution in [2.45, 2.75) is 18.9 Å². The second-order valence-corrected chi connectivity index (χ2v) is 5.63. The average molecular weight is 257 g/mol. The SMILES string of the molecule is O=C(O)[C@H](NCC1CC2C=CC1C2)c1ccccc1. The van der Waals surface area contributed by atoms with Crippen molar-refractivity contribution in [1.82, 2.24) is 5.32 Å². The minimum Gasteiger partial charge on any atom is -0.480 e. The molecule has 4 atom stereocenters. The number of fused-ring (bicyclic) bond motifs is 2. The molecule has 0 spiro atoms. The topological polar surface area (TPSA) is 49.3 Å². The van der Waals surface area contributed by atoms with E-state index in [1.165, 1.54) is 12.8 Å². The highest BCUT2D eigenvalue weighted by molar-refractivity contribution is 5.75. The Morgan fingerprint density at radius 2 is 2.05 bits per heavy atom. The average Bonchev–Trinajstić information content (AvgIpc) is 3.02. The number of carboxylic acid groups (broad SMARTS) is 1. The van der Waals surface area contributed by atoms with E-state index in [2.05, 4.69) is 17.5 Å². The third-order valence-electron chi connectivity index (χ3n) is 4.38. The van der Waals surface area contributed by atoms with E-state index in [0.29, 0.717) is 11.8 Å². The Balaban J connectivity index is 1.63. The molecule has 2 bridgehead atoms. The monoisotopic (exact) mass is 257 g/mol. The molecule has 0 amide bonds. The highest BCUT2D eigenvalue weighted by Crippen LogP contribution is 2.43. The van der Waals surface area contributed by atoms with E-state index in [1.807, 2.05) is 30.3 Å². The summed E-state index contributed by atoms with van der Waals surface area (Å²) in [5.74, 6) is 1.19. The van der Waals surface area contributed by atoms with Crippen LogP contribution in [0.15, 0.2) is 42.5 Å². The summed E-state index contributed by atoms with van der Waals surface area (Å²) in [5, 5.41) is 12.6. The first-order valence-electron chi connectivity index (χ1n) is 6.93. The number of rotatable bonds is 5. The summed E-state index contributed by atoms with van der Waals surface area (Å²) in [6.07, 6.45) is 7.08. The fraction of sp³-hybridized carbons (Fsp3) is 0.438. The predicted molar refractivity (Wildman–Crippen MR) is 73.7 cm³/mol. The fourth-order valence-electron chi connectivity index (χ4n) is 3.39. The van der Waals surface area contributed by atoms with Crippen molar-refractivity contribution in [2.24, 2.45) is 17.8 Å². The predicted octanol–water partition coefficient (Wildman–Crippen LogP) is 2.61. The van der Waals surface area contributed by atoms with Gasteiger partial charge < -0.3 is 10.4 Å². The summed E-state index contributed by atoms with van der Waals surface area (Å²) in [6.45, 7) is 0.789. The van der Waals surface area contributed by atoms with E-state index in [1.54, 1.807) is 0 Å². The highest BCUT2D eigenvalue weighted by atomic mass is 16.4. The molecule has 0 aromatic heterocycles. The lowest BCUT2D eigenvalue weighted by Crippen LogP contribution is -2.33. The number of nitrogens with one attached hydrogen (secondary N) is 1. The van der Waals surface area contributed by atoms with E-state index in [0.717, 1.165) is 18.0 Å². The van der Waals surface area contributed by atoms with Gasteiger partial charge in [0.1, 0.15) is 6.04 Å². The first-order chi connectivity index (χ1) is 9.24. The molecule has 3 unspecified atom stereocenters. The maximum Gasteiger partial charge on any atom is 0.325 e. The Bertz CT molecular complexity index is 483. The van der Waals surface area contributed by atoms with E-state index >= 15 is 0 Å².